The van der Waals surface area contributed by atoms with E-state index in [0.29, 0.717) is 0 Å². The first-order chi connectivity index (χ1) is 24.8. The number of fused-ring (bicyclic) bond motifs is 11. The highest BCUT2D eigenvalue weighted by molar-refractivity contribution is 6.26. The second kappa shape index (κ2) is 9.49. The van der Waals surface area contributed by atoms with E-state index in [1.807, 2.05) is 6.07 Å². The Kier molecular flexibility index (Phi) is 5.00. The molecule has 12 rings (SSSR count). The standard InChI is InChI=1S/C48H26O2/c1-2-11-28-22-31(21-20-27(28)10-1)44-36-17-5-3-15-34(36)43(35-16-4-6-18-37(35)44)29-12-9-13-30(23-29)45-47-40(33-14-7-8-19-42(33)49-47)26-41-39-25-32-24-38(32)46(39)50-48(41)45/h1-26H. The summed E-state index contributed by atoms with van der Waals surface area (Å²) in [6.07, 6.45) is 0. The van der Waals surface area contributed by atoms with E-state index >= 15 is 0 Å². The molecule has 0 spiro atoms. The molecule has 2 aromatic heterocycles. The zero-order valence-electron chi connectivity index (χ0n) is 26.8. The second-order valence-electron chi connectivity index (χ2n) is 13.6. The zero-order valence-corrected chi connectivity index (χ0v) is 26.8. The van der Waals surface area contributed by atoms with Gasteiger partial charge in [-0.05, 0) is 102 Å². The molecule has 10 aromatic rings. The van der Waals surface area contributed by atoms with E-state index in [4.69, 9.17) is 8.83 Å². The van der Waals surface area contributed by atoms with Gasteiger partial charge in [-0.2, -0.15) is 0 Å². The fourth-order valence-electron chi connectivity index (χ4n) is 8.55. The van der Waals surface area contributed by atoms with Gasteiger partial charge in [0.1, 0.15) is 22.3 Å². The fraction of sp³-hybridized carbons (Fsp3) is 0. The molecule has 2 heteroatoms. The predicted molar refractivity (Wildman–Crippen MR) is 209 cm³/mol. The van der Waals surface area contributed by atoms with Gasteiger partial charge < -0.3 is 8.83 Å². The molecule has 2 aliphatic rings. The molecule has 230 valence electrons. The lowest BCUT2D eigenvalue weighted by Crippen LogP contribution is -1.91. The molecule has 2 heterocycles. The maximum atomic E-state index is 6.76. The van der Waals surface area contributed by atoms with Gasteiger partial charge >= 0.3 is 0 Å². The van der Waals surface area contributed by atoms with Crippen LogP contribution in [0.4, 0.5) is 0 Å². The van der Waals surface area contributed by atoms with E-state index in [1.165, 1.54) is 65.5 Å². The molecule has 50 heavy (non-hydrogen) atoms. The van der Waals surface area contributed by atoms with E-state index < -0.39 is 0 Å². The Morgan fingerprint density at radius 3 is 1.58 bits per heavy atom. The molecule has 2 aliphatic carbocycles. The first kappa shape index (κ1) is 26.3. The molecular weight excluding hydrogens is 609 g/mol. The molecular formula is C48H26O2. The summed E-state index contributed by atoms with van der Waals surface area (Å²) in [7, 11) is 0. The van der Waals surface area contributed by atoms with E-state index in [-0.39, 0.29) is 0 Å². The van der Waals surface area contributed by atoms with E-state index in [0.717, 1.165) is 55.2 Å². The topological polar surface area (TPSA) is 26.3 Å². The first-order valence-corrected chi connectivity index (χ1v) is 17.2. The molecule has 0 unspecified atom stereocenters. The van der Waals surface area contributed by atoms with Crippen LogP contribution in [0.25, 0.3) is 121 Å². The number of para-hydroxylation sites is 1. The summed E-state index contributed by atoms with van der Waals surface area (Å²) >= 11 is 0. The lowest BCUT2D eigenvalue weighted by atomic mass is 9.85. The highest BCUT2D eigenvalue weighted by Gasteiger charge is 2.27. The first-order valence-electron chi connectivity index (χ1n) is 17.2. The maximum absolute atomic E-state index is 6.76. The van der Waals surface area contributed by atoms with Crippen molar-refractivity contribution in [2.24, 2.45) is 0 Å². The van der Waals surface area contributed by atoms with Gasteiger partial charge in [0.25, 0.3) is 0 Å². The summed E-state index contributed by atoms with van der Waals surface area (Å²) in [5.74, 6) is 0. The Bertz CT molecular complexity index is 3180. The molecule has 0 bridgehead atoms. The zero-order chi connectivity index (χ0) is 32.5. The minimum atomic E-state index is 0.860. The van der Waals surface area contributed by atoms with Crippen molar-refractivity contribution in [3.05, 3.63) is 158 Å². The Hall–Kier alpha value is -6.64. The van der Waals surface area contributed by atoms with Crippen LogP contribution in [0.3, 0.4) is 0 Å². The van der Waals surface area contributed by atoms with Crippen LogP contribution in [-0.2, 0) is 0 Å². The third-order valence-electron chi connectivity index (χ3n) is 10.8. The lowest BCUT2D eigenvalue weighted by molar-refractivity contribution is 0.659. The van der Waals surface area contributed by atoms with Crippen molar-refractivity contribution in [1.29, 1.82) is 0 Å². The molecule has 0 saturated carbocycles. The average Bonchev–Trinajstić information content (AvgIpc) is 3.50. The Morgan fingerprint density at radius 2 is 0.840 bits per heavy atom. The predicted octanol–water partition coefficient (Wildman–Crippen LogP) is 13.9. The van der Waals surface area contributed by atoms with Crippen molar-refractivity contribution in [3.8, 4) is 44.5 Å². The molecule has 0 N–H and O–H groups in total. The quantitative estimate of drug-likeness (QED) is 0.181. The van der Waals surface area contributed by atoms with E-state index in [2.05, 4.69) is 152 Å². The minimum absolute atomic E-state index is 0.860. The van der Waals surface area contributed by atoms with E-state index in [1.54, 1.807) is 0 Å². The summed E-state index contributed by atoms with van der Waals surface area (Å²) in [5, 5.41) is 12.0. The van der Waals surface area contributed by atoms with E-state index in [9.17, 15) is 0 Å². The highest BCUT2D eigenvalue weighted by Crippen LogP contribution is 2.52. The van der Waals surface area contributed by atoms with Gasteiger partial charge in [0.2, 0.25) is 0 Å². The van der Waals surface area contributed by atoms with Crippen LogP contribution in [0, 0.1) is 0 Å². The summed E-state index contributed by atoms with van der Waals surface area (Å²) in [6.45, 7) is 0. The largest absolute Gasteiger partial charge is 0.455 e. The van der Waals surface area contributed by atoms with Crippen LogP contribution in [0.15, 0.2) is 167 Å². The van der Waals surface area contributed by atoms with Crippen LogP contribution in [0.5, 0.6) is 0 Å². The average molecular weight is 635 g/mol. The number of hydrogen-bond acceptors (Lipinski definition) is 2. The van der Waals surface area contributed by atoms with Gasteiger partial charge in [0.05, 0.1) is 5.56 Å². The third kappa shape index (κ3) is 3.52. The van der Waals surface area contributed by atoms with Crippen molar-refractivity contribution >= 4 is 76.2 Å². The molecule has 0 fully saturated rings. The Morgan fingerprint density at radius 1 is 0.280 bits per heavy atom. The molecule has 2 nitrogen and oxygen atoms in total. The molecule has 0 amide bonds. The van der Waals surface area contributed by atoms with Gasteiger partial charge in [-0.3, -0.25) is 0 Å². The van der Waals surface area contributed by atoms with Gasteiger partial charge in [0, 0.05) is 27.1 Å². The molecule has 0 radical (unpaired) electrons. The van der Waals surface area contributed by atoms with Gasteiger partial charge in [-0.1, -0.05) is 121 Å². The monoisotopic (exact) mass is 634 g/mol. The van der Waals surface area contributed by atoms with Crippen molar-refractivity contribution < 1.29 is 8.83 Å². The second-order valence-corrected chi connectivity index (χ2v) is 13.6. The molecule has 8 aromatic carbocycles. The van der Waals surface area contributed by atoms with Crippen LogP contribution in [0.2, 0.25) is 0 Å². The number of furan rings is 2. The Balaban J connectivity index is 1.15. The summed E-state index contributed by atoms with van der Waals surface area (Å²) < 4.78 is 13.4. The highest BCUT2D eigenvalue weighted by atomic mass is 16.3. The van der Waals surface area contributed by atoms with Crippen molar-refractivity contribution in [2.45, 2.75) is 0 Å². The minimum Gasteiger partial charge on any atom is -0.455 e. The van der Waals surface area contributed by atoms with Crippen LogP contribution < -0.4 is 0 Å². The number of hydrogen-bond donors (Lipinski definition) is 0. The van der Waals surface area contributed by atoms with Gasteiger partial charge in [-0.25, -0.2) is 0 Å². The summed E-state index contributed by atoms with van der Waals surface area (Å²) in [4.78, 5) is 0. The molecule has 0 atom stereocenters. The fourth-order valence-corrected chi connectivity index (χ4v) is 8.55. The lowest BCUT2D eigenvalue weighted by Gasteiger charge is -2.18. The van der Waals surface area contributed by atoms with Crippen LogP contribution in [0.1, 0.15) is 0 Å². The van der Waals surface area contributed by atoms with Gasteiger partial charge in [0.15, 0.2) is 0 Å². The normalized spacial score (nSPS) is 12.4. The smallest absolute Gasteiger partial charge is 0.147 e. The number of rotatable bonds is 3. The van der Waals surface area contributed by atoms with Crippen molar-refractivity contribution in [2.75, 3.05) is 0 Å². The SMILES string of the molecule is c1cc(-c2c3ccccc3c(-c3ccc4ccccc4c3)c3ccccc23)cc(-c2c3oc4ccccc4c3cc3c2oc2c4cc-4cc23)c1. The number of benzene rings is 9. The van der Waals surface area contributed by atoms with Crippen LogP contribution in [-0.4, -0.2) is 0 Å². The maximum Gasteiger partial charge on any atom is 0.147 e. The van der Waals surface area contributed by atoms with Crippen molar-refractivity contribution in [3.63, 3.8) is 0 Å². The summed E-state index contributed by atoms with van der Waals surface area (Å²) in [5.41, 5.74) is 13.1. The van der Waals surface area contributed by atoms with Gasteiger partial charge in [-0.15, -0.1) is 0 Å². The van der Waals surface area contributed by atoms with Crippen molar-refractivity contribution in [1.82, 2.24) is 0 Å². The molecule has 0 aliphatic heterocycles. The summed E-state index contributed by atoms with van der Waals surface area (Å²) in [6, 6.07) is 57.2. The Labute approximate surface area is 286 Å². The molecule has 0 saturated heterocycles. The third-order valence-corrected chi connectivity index (χ3v) is 10.8. The van der Waals surface area contributed by atoms with Crippen LogP contribution >= 0.6 is 0 Å².